The predicted octanol–water partition coefficient (Wildman–Crippen LogP) is 0.0202. The molecule has 1 nitrogen and oxygen atoms in total. The van der Waals surface area contributed by atoms with Gasteiger partial charge in [-0.2, -0.15) is 0 Å². The summed E-state index contributed by atoms with van der Waals surface area (Å²) in [6.07, 6.45) is 0. The molecule has 15 heavy (non-hydrogen) atoms. The molecular weight excluding hydrogens is 297 g/mol. The first-order chi connectivity index (χ1) is 6.38. The van der Waals surface area contributed by atoms with Crippen molar-refractivity contribution < 1.29 is 28.5 Å². The Morgan fingerprint density at radius 3 is 2.20 bits per heavy atom. The summed E-state index contributed by atoms with van der Waals surface area (Å²) in [6, 6.07) is 8.92. The van der Waals surface area contributed by atoms with Gasteiger partial charge in [-0.05, 0) is 17.5 Å². The minimum atomic E-state index is 0. The predicted molar refractivity (Wildman–Crippen MR) is 62.3 cm³/mol. The van der Waals surface area contributed by atoms with Crippen molar-refractivity contribution in [2.75, 3.05) is 21.1 Å². The van der Waals surface area contributed by atoms with Crippen LogP contribution < -0.4 is 24.0 Å². The second-order valence-electron chi connectivity index (χ2n) is 5.35. The first-order valence-electron chi connectivity index (χ1n) is 5.28. The molecule has 0 saturated heterocycles. The minimum absolute atomic E-state index is 0. The zero-order chi connectivity index (χ0) is 10.8. The third-order valence-electron chi connectivity index (χ3n) is 2.27. The van der Waals surface area contributed by atoms with Crippen molar-refractivity contribution in [1.82, 2.24) is 0 Å². The fourth-order valence-corrected chi connectivity index (χ4v) is 1.60. The highest BCUT2D eigenvalue weighted by Gasteiger charge is 2.09. The molecule has 0 saturated carbocycles. The molecule has 86 valence electrons. The zero-order valence-corrected chi connectivity index (χ0v) is 12.6. The van der Waals surface area contributed by atoms with Crippen LogP contribution in [0.2, 0.25) is 0 Å². The molecule has 0 aliphatic carbocycles. The van der Waals surface area contributed by atoms with E-state index in [9.17, 15) is 0 Å². The number of quaternary nitrogens is 1. The first kappa shape index (κ1) is 14.9. The fraction of sp³-hybridized carbons (Fsp3) is 0.538. The quantitative estimate of drug-likeness (QED) is 0.544. The van der Waals surface area contributed by atoms with E-state index in [1.54, 1.807) is 0 Å². The van der Waals surface area contributed by atoms with Gasteiger partial charge in [-0.25, -0.2) is 0 Å². The smallest absolute Gasteiger partial charge is 0.104 e. The topological polar surface area (TPSA) is 0 Å². The van der Waals surface area contributed by atoms with E-state index < -0.39 is 0 Å². The summed E-state index contributed by atoms with van der Waals surface area (Å²) in [5, 5.41) is 0. The number of benzene rings is 1. The van der Waals surface area contributed by atoms with Gasteiger partial charge in [0.05, 0.1) is 21.1 Å². The summed E-state index contributed by atoms with van der Waals surface area (Å²) in [4.78, 5) is 0. The Kier molecular flexibility index (Phi) is 5.81. The normalized spacial score (nSPS) is 11.3. The lowest BCUT2D eigenvalue weighted by Gasteiger charge is -2.24. The molecule has 1 aromatic carbocycles. The number of halogens is 1. The van der Waals surface area contributed by atoms with Crippen molar-refractivity contribution in [3.05, 3.63) is 35.4 Å². The summed E-state index contributed by atoms with van der Waals surface area (Å²) in [5.41, 5.74) is 2.87. The molecule has 0 spiro atoms. The van der Waals surface area contributed by atoms with Gasteiger partial charge in [0, 0.05) is 5.56 Å². The summed E-state index contributed by atoms with van der Waals surface area (Å²) in [7, 11) is 6.67. The molecule has 0 heterocycles. The molecule has 0 unspecified atom stereocenters. The van der Waals surface area contributed by atoms with E-state index in [4.69, 9.17) is 0 Å². The third-order valence-corrected chi connectivity index (χ3v) is 2.27. The molecule has 1 rings (SSSR count). The number of rotatable bonds is 3. The minimum Gasteiger partial charge on any atom is -1.00 e. The number of hydrogen-bond donors (Lipinski definition) is 0. The van der Waals surface area contributed by atoms with Gasteiger partial charge in [0.25, 0.3) is 0 Å². The van der Waals surface area contributed by atoms with Crippen LogP contribution in [-0.2, 0) is 6.54 Å². The Bertz CT molecular complexity index is 300. The molecule has 0 fully saturated rings. The van der Waals surface area contributed by atoms with Crippen molar-refractivity contribution >= 4 is 0 Å². The Morgan fingerprint density at radius 2 is 1.73 bits per heavy atom. The highest BCUT2D eigenvalue weighted by Crippen LogP contribution is 2.17. The van der Waals surface area contributed by atoms with Gasteiger partial charge in [-0.3, -0.25) is 0 Å². The van der Waals surface area contributed by atoms with Gasteiger partial charge in [0.15, 0.2) is 0 Å². The molecule has 1 aromatic rings. The van der Waals surface area contributed by atoms with Gasteiger partial charge in [0.1, 0.15) is 6.54 Å². The van der Waals surface area contributed by atoms with Crippen molar-refractivity contribution in [2.45, 2.75) is 26.3 Å². The van der Waals surface area contributed by atoms with E-state index in [1.807, 2.05) is 0 Å². The lowest BCUT2D eigenvalue weighted by Crippen LogP contribution is -3.00. The van der Waals surface area contributed by atoms with Crippen LogP contribution in [0.5, 0.6) is 0 Å². The maximum Gasteiger partial charge on any atom is 0.104 e. The van der Waals surface area contributed by atoms with E-state index >= 15 is 0 Å². The van der Waals surface area contributed by atoms with Gasteiger partial charge in [-0.15, -0.1) is 0 Å². The molecule has 0 aliphatic rings. The van der Waals surface area contributed by atoms with E-state index in [0.29, 0.717) is 5.92 Å². The third kappa shape index (κ3) is 5.52. The van der Waals surface area contributed by atoms with E-state index in [1.165, 1.54) is 11.1 Å². The van der Waals surface area contributed by atoms with Crippen LogP contribution in [0.25, 0.3) is 0 Å². The van der Waals surface area contributed by atoms with Gasteiger partial charge in [0.2, 0.25) is 0 Å². The van der Waals surface area contributed by atoms with Gasteiger partial charge >= 0.3 is 0 Å². The lowest BCUT2D eigenvalue weighted by atomic mass is 10.0. The molecule has 0 N–H and O–H groups in total. The maximum atomic E-state index is 2.33. The molecule has 0 bridgehead atoms. The van der Waals surface area contributed by atoms with Crippen LogP contribution in [0.3, 0.4) is 0 Å². The van der Waals surface area contributed by atoms with Crippen LogP contribution in [0.1, 0.15) is 30.9 Å². The van der Waals surface area contributed by atoms with Crippen molar-refractivity contribution in [2.24, 2.45) is 0 Å². The molecule has 0 amide bonds. The molecule has 0 aromatic heterocycles. The SMILES string of the molecule is CC(C)c1cccc(C[N+](C)(C)C)c1.[I-]. The van der Waals surface area contributed by atoms with E-state index in [-0.39, 0.29) is 24.0 Å². The number of hydrogen-bond acceptors (Lipinski definition) is 0. The van der Waals surface area contributed by atoms with Crippen molar-refractivity contribution in [1.29, 1.82) is 0 Å². The molecule has 0 aliphatic heterocycles. The molecule has 0 radical (unpaired) electrons. The van der Waals surface area contributed by atoms with Crippen molar-refractivity contribution in [3.8, 4) is 0 Å². The maximum absolute atomic E-state index is 2.33. The Balaban J connectivity index is 0.00000196. The van der Waals surface area contributed by atoms with Crippen LogP contribution in [-0.4, -0.2) is 25.6 Å². The van der Waals surface area contributed by atoms with Gasteiger partial charge in [-0.1, -0.05) is 32.0 Å². The van der Waals surface area contributed by atoms with Gasteiger partial charge < -0.3 is 28.5 Å². The van der Waals surface area contributed by atoms with E-state index in [0.717, 1.165) is 11.0 Å². The molecule has 2 heteroatoms. The average Bonchev–Trinajstić information content (AvgIpc) is 2.01. The Morgan fingerprint density at radius 1 is 1.13 bits per heavy atom. The van der Waals surface area contributed by atoms with Crippen LogP contribution in [0.4, 0.5) is 0 Å². The highest BCUT2D eigenvalue weighted by atomic mass is 127. The summed E-state index contributed by atoms with van der Waals surface area (Å²) >= 11 is 0. The lowest BCUT2D eigenvalue weighted by molar-refractivity contribution is -0.884. The Labute approximate surface area is 111 Å². The fourth-order valence-electron chi connectivity index (χ4n) is 1.60. The number of nitrogens with zero attached hydrogens (tertiary/aromatic N) is 1. The second-order valence-corrected chi connectivity index (χ2v) is 5.35. The zero-order valence-electron chi connectivity index (χ0n) is 10.4. The largest absolute Gasteiger partial charge is 1.00 e. The van der Waals surface area contributed by atoms with Crippen LogP contribution >= 0.6 is 0 Å². The summed E-state index contributed by atoms with van der Waals surface area (Å²) in [6.45, 7) is 5.58. The molecule has 0 atom stereocenters. The Hall–Kier alpha value is -0.0900. The van der Waals surface area contributed by atoms with Crippen LogP contribution in [0, 0.1) is 0 Å². The second kappa shape index (κ2) is 5.85. The highest BCUT2D eigenvalue weighted by molar-refractivity contribution is 5.25. The standard InChI is InChI=1S/C13H22N.HI/c1-11(2)13-8-6-7-12(9-13)10-14(3,4)5;/h6-9,11H,10H2,1-5H3;1H/q+1;/p-1. The van der Waals surface area contributed by atoms with E-state index in [2.05, 4.69) is 59.3 Å². The van der Waals surface area contributed by atoms with Crippen molar-refractivity contribution in [3.63, 3.8) is 0 Å². The molecular formula is C13H22IN. The first-order valence-corrected chi connectivity index (χ1v) is 5.28. The summed E-state index contributed by atoms with van der Waals surface area (Å²) in [5.74, 6) is 0.627. The monoisotopic (exact) mass is 319 g/mol. The average molecular weight is 319 g/mol. The van der Waals surface area contributed by atoms with Crippen LogP contribution in [0.15, 0.2) is 24.3 Å². The summed E-state index contributed by atoms with van der Waals surface area (Å²) < 4.78 is 0.988.